The van der Waals surface area contributed by atoms with Gasteiger partial charge in [0.15, 0.2) is 0 Å². The van der Waals surface area contributed by atoms with Gasteiger partial charge < -0.3 is 10.2 Å². The van der Waals surface area contributed by atoms with Crippen LogP contribution < -0.4 is 5.32 Å². The zero-order valence-corrected chi connectivity index (χ0v) is 18.6. The second-order valence-electron chi connectivity index (χ2n) is 10.6. The summed E-state index contributed by atoms with van der Waals surface area (Å²) in [6.07, 6.45) is 8.50. The molecule has 4 aliphatic carbocycles. The van der Waals surface area contributed by atoms with Gasteiger partial charge in [-0.2, -0.15) is 0 Å². The van der Waals surface area contributed by atoms with E-state index in [-0.39, 0.29) is 35.3 Å². The monoisotopic (exact) mass is 422 g/mol. The fraction of sp³-hybridized carbons (Fsp3) is 0.870. The molecule has 0 aromatic heterocycles. The molecule has 0 amide bonds. The van der Waals surface area contributed by atoms with E-state index in [1.54, 1.807) is 0 Å². The highest BCUT2D eigenvalue weighted by molar-refractivity contribution is 5.93. The van der Waals surface area contributed by atoms with Gasteiger partial charge in [-0.05, 0) is 68.2 Å². The molecule has 5 nitrogen and oxygen atoms in total. The Bertz CT molecular complexity index is 719. The van der Waals surface area contributed by atoms with Crippen molar-refractivity contribution >= 4 is 29.7 Å². The quantitative estimate of drug-likeness (QED) is 0.684. The van der Waals surface area contributed by atoms with E-state index in [0.29, 0.717) is 35.7 Å². The third-order valence-electron chi connectivity index (χ3n) is 9.35. The summed E-state index contributed by atoms with van der Waals surface area (Å²) in [7, 11) is 0. The zero-order chi connectivity index (χ0) is 19.5. The van der Waals surface area contributed by atoms with Crippen LogP contribution in [-0.4, -0.2) is 36.5 Å². The van der Waals surface area contributed by atoms with Crippen molar-refractivity contribution in [2.24, 2.45) is 39.7 Å². The molecule has 1 heterocycles. The summed E-state index contributed by atoms with van der Waals surface area (Å²) < 4.78 is 0. The maximum absolute atomic E-state index is 13.3. The Morgan fingerprint density at radius 1 is 1.03 bits per heavy atom. The van der Waals surface area contributed by atoms with Gasteiger partial charge >= 0.3 is 0 Å². The number of carbonyl (C=O) groups excluding carboxylic acids is 2. The van der Waals surface area contributed by atoms with E-state index in [4.69, 9.17) is 4.84 Å². The van der Waals surface area contributed by atoms with Crippen molar-refractivity contribution in [3.05, 3.63) is 0 Å². The molecule has 1 aliphatic heterocycles. The minimum Gasteiger partial charge on any atom is -0.391 e. The highest BCUT2D eigenvalue weighted by Gasteiger charge is 2.62. The van der Waals surface area contributed by atoms with Crippen LogP contribution in [0.5, 0.6) is 0 Å². The Kier molecular flexibility index (Phi) is 5.61. The molecule has 162 valence electrons. The molecule has 29 heavy (non-hydrogen) atoms. The second kappa shape index (κ2) is 7.64. The number of rotatable bonds is 2. The predicted octanol–water partition coefficient (Wildman–Crippen LogP) is 3.93. The highest BCUT2D eigenvalue weighted by Crippen LogP contribution is 2.64. The van der Waals surface area contributed by atoms with Gasteiger partial charge in [-0.3, -0.25) is 9.59 Å². The topological polar surface area (TPSA) is 67.8 Å². The van der Waals surface area contributed by atoms with Gasteiger partial charge in [0.1, 0.15) is 17.7 Å². The predicted molar refractivity (Wildman–Crippen MR) is 114 cm³/mol. The van der Waals surface area contributed by atoms with E-state index < -0.39 is 0 Å². The molecule has 1 N–H and O–H groups in total. The molecule has 5 aliphatic rings. The third-order valence-corrected chi connectivity index (χ3v) is 9.35. The molecule has 0 spiro atoms. The van der Waals surface area contributed by atoms with E-state index in [1.165, 1.54) is 0 Å². The standard InChI is InChI=1S/C23H34N2O3.ClH/c1-22-8-5-14(25-28-15-7-10-24-13-15)11-19(22)20(26)12-16-17-3-4-21(27)23(17,2)9-6-18(16)22;/h15-19,24H,3-13H2,1-2H3;1H/t15-,16-,17-,18-,19?,22+,23-;/m0./s1. The van der Waals surface area contributed by atoms with Crippen LogP contribution in [0.3, 0.4) is 0 Å². The lowest BCUT2D eigenvalue weighted by Gasteiger charge is -2.58. The van der Waals surface area contributed by atoms with Crippen LogP contribution in [0.4, 0.5) is 0 Å². The summed E-state index contributed by atoms with van der Waals surface area (Å²) >= 11 is 0. The van der Waals surface area contributed by atoms with E-state index in [0.717, 1.165) is 70.2 Å². The normalized spacial score (nSPS) is 47.9. The molecule has 0 aromatic carbocycles. The maximum atomic E-state index is 13.3. The fourth-order valence-electron chi connectivity index (χ4n) is 7.57. The average molecular weight is 423 g/mol. The Balaban J connectivity index is 0.00000205. The Morgan fingerprint density at radius 3 is 2.62 bits per heavy atom. The Hall–Kier alpha value is -0.940. The number of nitrogens with zero attached hydrogens (tertiary/aromatic N) is 1. The van der Waals surface area contributed by atoms with Crippen LogP contribution in [0.15, 0.2) is 5.16 Å². The van der Waals surface area contributed by atoms with E-state index in [9.17, 15) is 9.59 Å². The van der Waals surface area contributed by atoms with E-state index >= 15 is 0 Å². The molecular weight excluding hydrogens is 388 g/mol. The van der Waals surface area contributed by atoms with E-state index in [2.05, 4.69) is 24.3 Å². The lowest BCUT2D eigenvalue weighted by molar-refractivity contribution is -0.152. The van der Waals surface area contributed by atoms with Gasteiger partial charge in [0, 0.05) is 37.1 Å². The van der Waals surface area contributed by atoms with Crippen molar-refractivity contribution < 1.29 is 14.4 Å². The molecule has 0 bridgehead atoms. The first-order valence-electron chi connectivity index (χ1n) is 11.4. The first-order chi connectivity index (χ1) is 13.4. The van der Waals surface area contributed by atoms with Crippen LogP contribution in [0.25, 0.3) is 0 Å². The Labute approximate surface area is 180 Å². The van der Waals surface area contributed by atoms with Crippen LogP contribution in [-0.2, 0) is 14.4 Å². The first-order valence-corrected chi connectivity index (χ1v) is 11.4. The molecule has 5 rings (SSSR count). The third kappa shape index (κ3) is 3.27. The van der Waals surface area contributed by atoms with Crippen molar-refractivity contribution in [1.82, 2.24) is 5.32 Å². The fourth-order valence-corrected chi connectivity index (χ4v) is 7.57. The molecule has 0 aromatic rings. The number of oxime groups is 1. The SMILES string of the molecule is C[C@]12CCC(=NO[C@H]3CCNC3)CC1C(=O)C[C@@H]1[C@@H]2CC[C@]2(C)C(=O)CC[C@@H]12.Cl. The maximum Gasteiger partial charge on any atom is 0.141 e. The minimum atomic E-state index is -0.158. The molecule has 1 unspecified atom stereocenters. The van der Waals surface area contributed by atoms with Gasteiger partial charge in [0.2, 0.25) is 0 Å². The summed E-state index contributed by atoms with van der Waals surface area (Å²) in [4.78, 5) is 31.6. The average Bonchev–Trinajstić information content (AvgIpc) is 3.29. The minimum absolute atomic E-state index is 0. The number of nitrogens with one attached hydrogen (secondary N) is 1. The highest BCUT2D eigenvalue weighted by atomic mass is 35.5. The van der Waals surface area contributed by atoms with Crippen molar-refractivity contribution in [3.63, 3.8) is 0 Å². The van der Waals surface area contributed by atoms with Crippen molar-refractivity contribution in [2.45, 2.75) is 77.7 Å². The smallest absolute Gasteiger partial charge is 0.141 e. The largest absolute Gasteiger partial charge is 0.391 e. The van der Waals surface area contributed by atoms with E-state index in [1.807, 2.05) is 0 Å². The first kappa shape index (κ1) is 21.3. The number of Topliss-reactive ketones (excluding diaryl/α,β-unsaturated/α-hetero) is 2. The number of fused-ring (bicyclic) bond motifs is 5. The number of hydrogen-bond donors (Lipinski definition) is 1. The zero-order valence-electron chi connectivity index (χ0n) is 17.7. The Morgan fingerprint density at radius 2 is 1.86 bits per heavy atom. The second-order valence-corrected chi connectivity index (χ2v) is 10.6. The number of hydrogen-bond acceptors (Lipinski definition) is 5. The number of ketones is 2. The van der Waals surface area contributed by atoms with Gasteiger partial charge in [-0.25, -0.2) is 0 Å². The molecule has 7 atom stereocenters. The molecule has 0 radical (unpaired) electrons. The molecular formula is C23H35ClN2O3. The van der Waals surface area contributed by atoms with Gasteiger partial charge in [0.05, 0.1) is 5.71 Å². The number of halogens is 1. The van der Waals surface area contributed by atoms with Crippen LogP contribution >= 0.6 is 12.4 Å². The van der Waals surface area contributed by atoms with Crippen LogP contribution in [0, 0.1) is 34.5 Å². The molecule has 4 saturated carbocycles. The van der Waals surface area contributed by atoms with Gasteiger partial charge in [-0.15, -0.1) is 12.4 Å². The van der Waals surface area contributed by atoms with Crippen molar-refractivity contribution in [3.8, 4) is 0 Å². The lowest BCUT2D eigenvalue weighted by Crippen LogP contribution is -2.56. The number of carbonyl (C=O) groups is 2. The summed E-state index contributed by atoms with van der Waals surface area (Å²) in [6, 6.07) is 0. The van der Waals surface area contributed by atoms with Crippen molar-refractivity contribution in [1.29, 1.82) is 0 Å². The molecule has 1 saturated heterocycles. The van der Waals surface area contributed by atoms with Crippen molar-refractivity contribution in [2.75, 3.05) is 13.1 Å². The molecule has 6 heteroatoms. The van der Waals surface area contributed by atoms with Crippen LogP contribution in [0.2, 0.25) is 0 Å². The lowest BCUT2D eigenvalue weighted by atomic mass is 9.45. The summed E-state index contributed by atoms with van der Waals surface area (Å²) in [6.45, 7) is 6.42. The van der Waals surface area contributed by atoms with Crippen LogP contribution in [0.1, 0.15) is 71.6 Å². The van der Waals surface area contributed by atoms with Gasteiger partial charge in [0.25, 0.3) is 0 Å². The summed E-state index contributed by atoms with van der Waals surface area (Å²) in [5.74, 6) is 2.38. The molecule has 5 fully saturated rings. The summed E-state index contributed by atoms with van der Waals surface area (Å²) in [5.41, 5.74) is 0.994. The van der Waals surface area contributed by atoms with Gasteiger partial charge in [-0.1, -0.05) is 19.0 Å². The summed E-state index contributed by atoms with van der Waals surface area (Å²) in [5, 5.41) is 7.78.